The lowest BCUT2D eigenvalue weighted by Crippen LogP contribution is -2.19. The zero-order valence-electron chi connectivity index (χ0n) is 25.3. The molecule has 0 amide bonds. The summed E-state index contributed by atoms with van der Waals surface area (Å²) in [5.74, 6) is 2.43. The first kappa shape index (κ1) is 32.5. The molecule has 236 valence electrons. The summed E-state index contributed by atoms with van der Waals surface area (Å²) in [5.41, 5.74) is 4.11. The number of nitrogens with zero attached hydrogens (tertiary/aromatic N) is 3. The Kier molecular flexibility index (Phi) is 10.5. The second kappa shape index (κ2) is 14.9. The zero-order chi connectivity index (χ0) is 32.6. The van der Waals surface area contributed by atoms with E-state index in [-0.39, 0.29) is 0 Å². The second-order valence-corrected chi connectivity index (χ2v) is 11.6. The summed E-state index contributed by atoms with van der Waals surface area (Å²) in [4.78, 5) is 2.04. The lowest BCUT2D eigenvalue weighted by Gasteiger charge is -2.13. The van der Waals surface area contributed by atoms with E-state index in [9.17, 15) is 0 Å². The van der Waals surface area contributed by atoms with E-state index in [0.29, 0.717) is 44.5 Å². The highest BCUT2D eigenvalue weighted by Gasteiger charge is 2.15. The third-order valence-electron chi connectivity index (χ3n) is 6.57. The first-order valence-electron chi connectivity index (χ1n) is 13.8. The molecule has 4 N–H and O–H groups in total. The fourth-order valence-corrected chi connectivity index (χ4v) is 5.12. The number of ether oxygens (including phenoxy) is 2. The maximum Gasteiger partial charge on any atom is 0.187 e. The van der Waals surface area contributed by atoms with Crippen molar-refractivity contribution < 1.29 is 18.5 Å². The van der Waals surface area contributed by atoms with Gasteiger partial charge in [-0.15, -0.1) is 0 Å². The fourth-order valence-electron chi connectivity index (χ4n) is 4.34. The molecule has 0 saturated carbocycles. The van der Waals surface area contributed by atoms with Gasteiger partial charge in [0.25, 0.3) is 0 Å². The standard InChI is InChI=1S/C16H15BrN4OS.C16H15N3O3S/c1-21(2)12-6-4-11(5-7-12)18-16(23)19-15-13-9-10(17)3-8-14(13)22-20-15;1-20-11-7-4-3-6-10(11)17-16(23)18-15-14-12(21-2)8-5-9-13(14)22-19-15/h3-9H,1-2H3,(H2,18,19,20,23);3-9H,1-2H3,(H2,17,18,19,23). The van der Waals surface area contributed by atoms with Gasteiger partial charge in [-0.05, 0) is 91.2 Å². The highest BCUT2D eigenvalue weighted by atomic mass is 79.9. The van der Waals surface area contributed by atoms with Gasteiger partial charge in [0.2, 0.25) is 0 Å². The molecule has 0 radical (unpaired) electrons. The minimum atomic E-state index is 0.371. The highest BCUT2D eigenvalue weighted by Crippen LogP contribution is 2.32. The van der Waals surface area contributed by atoms with Crippen LogP contribution in [0.3, 0.4) is 0 Å². The summed E-state index contributed by atoms with van der Waals surface area (Å²) >= 11 is 14.1. The number of hydrogen-bond acceptors (Lipinski definition) is 9. The number of thiocarbonyl (C=S) groups is 2. The molecule has 0 atom stereocenters. The van der Waals surface area contributed by atoms with Crippen molar-refractivity contribution in [3.8, 4) is 11.5 Å². The summed E-state index contributed by atoms with van der Waals surface area (Å²) in [5, 5.41) is 22.7. The van der Waals surface area contributed by atoms with Gasteiger partial charge >= 0.3 is 0 Å². The summed E-state index contributed by atoms with van der Waals surface area (Å²) in [6.45, 7) is 0. The predicted octanol–water partition coefficient (Wildman–Crippen LogP) is 8.12. The molecule has 0 unspecified atom stereocenters. The molecule has 0 saturated heterocycles. The Morgan fingerprint density at radius 3 is 2.11 bits per heavy atom. The maximum absolute atomic E-state index is 5.34. The van der Waals surface area contributed by atoms with Gasteiger partial charge in [-0.3, -0.25) is 0 Å². The lowest BCUT2D eigenvalue weighted by atomic mass is 10.2. The first-order valence-corrected chi connectivity index (χ1v) is 15.4. The molecule has 46 heavy (non-hydrogen) atoms. The number of methoxy groups -OCH3 is 2. The second-order valence-electron chi connectivity index (χ2n) is 9.84. The van der Waals surface area contributed by atoms with E-state index in [1.54, 1.807) is 14.2 Å². The molecule has 0 fully saturated rings. The van der Waals surface area contributed by atoms with Crippen molar-refractivity contribution in [1.29, 1.82) is 0 Å². The number of benzene rings is 4. The molecule has 14 heteroatoms. The molecule has 0 bridgehead atoms. The summed E-state index contributed by atoms with van der Waals surface area (Å²) < 4.78 is 22.1. The number of rotatable bonds is 7. The molecule has 6 aromatic rings. The number of nitrogens with one attached hydrogen (secondary N) is 4. The van der Waals surface area contributed by atoms with Crippen molar-refractivity contribution in [1.82, 2.24) is 10.3 Å². The average Bonchev–Trinajstić information content (AvgIpc) is 3.65. The van der Waals surface area contributed by atoms with Crippen molar-refractivity contribution in [3.05, 3.63) is 89.4 Å². The van der Waals surface area contributed by atoms with Crippen LogP contribution in [0.25, 0.3) is 21.9 Å². The highest BCUT2D eigenvalue weighted by molar-refractivity contribution is 9.10. The maximum atomic E-state index is 5.34. The number of halogens is 1. The number of anilines is 5. The van der Waals surface area contributed by atoms with E-state index < -0.39 is 0 Å². The molecule has 4 aromatic carbocycles. The monoisotopic (exact) mass is 719 g/mol. The van der Waals surface area contributed by atoms with Gasteiger partial charge in [0.1, 0.15) is 16.9 Å². The molecule has 0 spiro atoms. The molecular weight excluding hydrogens is 690 g/mol. The van der Waals surface area contributed by atoms with Crippen molar-refractivity contribution in [2.24, 2.45) is 0 Å². The Morgan fingerprint density at radius 2 is 1.37 bits per heavy atom. The van der Waals surface area contributed by atoms with E-state index in [2.05, 4.69) is 47.5 Å². The van der Waals surface area contributed by atoms with Crippen LogP contribution in [0.5, 0.6) is 11.5 Å². The van der Waals surface area contributed by atoms with Crippen LogP contribution in [0, 0.1) is 0 Å². The topological polar surface area (TPSA) is 122 Å². The number of para-hydroxylation sites is 2. The quantitative estimate of drug-likeness (QED) is 0.119. The third-order valence-corrected chi connectivity index (χ3v) is 7.47. The summed E-state index contributed by atoms with van der Waals surface area (Å²) in [6.07, 6.45) is 0. The van der Waals surface area contributed by atoms with Crippen molar-refractivity contribution >= 4 is 101 Å². The van der Waals surface area contributed by atoms with Crippen LogP contribution in [0.1, 0.15) is 0 Å². The minimum absolute atomic E-state index is 0.371. The predicted molar refractivity (Wildman–Crippen MR) is 196 cm³/mol. The normalized spacial score (nSPS) is 10.5. The molecule has 2 heterocycles. The number of hydrogen-bond donors (Lipinski definition) is 4. The van der Waals surface area contributed by atoms with Crippen LogP contribution in [0.15, 0.2) is 98.4 Å². The average molecular weight is 721 g/mol. The van der Waals surface area contributed by atoms with Crippen LogP contribution in [0.2, 0.25) is 0 Å². The van der Waals surface area contributed by atoms with E-state index in [1.165, 1.54) is 0 Å². The van der Waals surface area contributed by atoms with Gasteiger partial charge in [0.15, 0.2) is 33.0 Å². The molecule has 11 nitrogen and oxygen atoms in total. The van der Waals surface area contributed by atoms with Gasteiger partial charge in [-0.1, -0.05) is 44.4 Å². The van der Waals surface area contributed by atoms with Gasteiger partial charge in [-0.25, -0.2) is 0 Å². The number of fused-ring (bicyclic) bond motifs is 2. The van der Waals surface area contributed by atoms with Crippen molar-refractivity contribution in [2.45, 2.75) is 0 Å². The molecule has 2 aromatic heterocycles. The van der Waals surface area contributed by atoms with Gasteiger partial charge < -0.3 is 44.7 Å². The Labute approximate surface area is 284 Å². The fraction of sp³-hybridized carbons (Fsp3) is 0.125. The molecule has 0 aliphatic carbocycles. The van der Waals surface area contributed by atoms with Gasteiger partial charge in [0, 0.05) is 29.9 Å². The minimum Gasteiger partial charge on any atom is -0.496 e. The Morgan fingerprint density at radius 1 is 0.717 bits per heavy atom. The Bertz CT molecular complexity index is 1980. The lowest BCUT2D eigenvalue weighted by molar-refractivity contribution is 0.417. The van der Waals surface area contributed by atoms with Crippen LogP contribution < -0.4 is 35.6 Å². The molecule has 6 rings (SSSR count). The third kappa shape index (κ3) is 7.83. The van der Waals surface area contributed by atoms with E-state index in [4.69, 9.17) is 43.0 Å². The summed E-state index contributed by atoms with van der Waals surface area (Å²) in [7, 11) is 7.20. The van der Waals surface area contributed by atoms with Crippen LogP contribution in [-0.4, -0.2) is 48.9 Å². The first-order chi connectivity index (χ1) is 22.2. The zero-order valence-corrected chi connectivity index (χ0v) is 28.5. The van der Waals surface area contributed by atoms with E-state index >= 15 is 0 Å². The Hall–Kier alpha value is -4.92. The molecule has 0 aliphatic rings. The van der Waals surface area contributed by atoms with E-state index in [1.807, 2.05) is 104 Å². The van der Waals surface area contributed by atoms with Crippen LogP contribution >= 0.6 is 40.4 Å². The van der Waals surface area contributed by atoms with Gasteiger partial charge in [0.05, 0.1) is 25.3 Å². The summed E-state index contributed by atoms with van der Waals surface area (Å²) in [6, 6.07) is 26.7. The number of aromatic nitrogens is 2. The molecular formula is C32H30BrN7O4S2. The van der Waals surface area contributed by atoms with Crippen LogP contribution in [-0.2, 0) is 0 Å². The van der Waals surface area contributed by atoms with Crippen molar-refractivity contribution in [3.63, 3.8) is 0 Å². The smallest absolute Gasteiger partial charge is 0.187 e. The molecule has 0 aliphatic heterocycles. The SMILES string of the molecule is CN(C)c1ccc(NC(=S)Nc2noc3ccc(Br)cc23)cc1.COc1ccccc1NC(=S)Nc1noc2cccc(OC)c12. The largest absolute Gasteiger partial charge is 0.496 e. The van der Waals surface area contributed by atoms with E-state index in [0.717, 1.165) is 32.3 Å². The van der Waals surface area contributed by atoms with Crippen LogP contribution in [0.4, 0.5) is 28.7 Å². The van der Waals surface area contributed by atoms with Gasteiger partial charge in [-0.2, -0.15) is 0 Å². The van der Waals surface area contributed by atoms with Crippen molar-refractivity contribution in [2.75, 3.05) is 54.5 Å². The Balaban J connectivity index is 0.000000181.